The Balaban J connectivity index is 1.56. The van der Waals surface area contributed by atoms with Crippen LogP contribution in [-0.2, 0) is 35.2 Å². The van der Waals surface area contributed by atoms with Crippen LogP contribution in [0, 0.1) is 0 Å². The number of aryl methyl sites for hydroxylation is 1. The number of anilines is 2. The van der Waals surface area contributed by atoms with E-state index in [-0.39, 0.29) is 24.9 Å². The molecule has 0 amide bonds. The standard InChI is InChI=1S/C21H24F3N7O2S/c1-3-5-12-10-13-16(29-8-9-31-15(11-29)27-28-19(31)21(22,23)24)25-20(26-17(13)34-12)30-7-4-6-14(30)18(32)33-2/h10,14H,3-9,11H2,1-2H3/t14-/m1/s1. The van der Waals surface area contributed by atoms with Crippen LogP contribution in [0.3, 0.4) is 0 Å². The molecule has 13 heteroatoms. The molecule has 5 rings (SSSR count). The predicted molar refractivity (Wildman–Crippen MR) is 120 cm³/mol. The number of ether oxygens (including phenoxy) is 1. The number of hydrogen-bond acceptors (Lipinski definition) is 9. The van der Waals surface area contributed by atoms with Crippen molar-refractivity contribution in [1.29, 1.82) is 0 Å². The van der Waals surface area contributed by atoms with E-state index in [0.717, 1.165) is 38.9 Å². The third-order valence-corrected chi connectivity index (χ3v) is 7.29. The minimum atomic E-state index is -4.55. The van der Waals surface area contributed by atoms with Gasteiger partial charge in [-0.25, -0.2) is 9.78 Å². The fourth-order valence-corrected chi connectivity index (χ4v) is 5.74. The molecular weight excluding hydrogens is 471 g/mol. The van der Waals surface area contributed by atoms with Crippen LogP contribution < -0.4 is 9.80 Å². The van der Waals surface area contributed by atoms with E-state index in [1.54, 1.807) is 11.3 Å². The molecule has 3 aromatic rings. The van der Waals surface area contributed by atoms with Crippen molar-refractivity contribution in [3.8, 4) is 0 Å². The lowest BCUT2D eigenvalue weighted by Crippen LogP contribution is -2.39. The van der Waals surface area contributed by atoms with Gasteiger partial charge in [0.2, 0.25) is 11.8 Å². The molecule has 2 aliphatic heterocycles. The molecule has 0 unspecified atom stereocenters. The van der Waals surface area contributed by atoms with Crippen LogP contribution in [0.15, 0.2) is 6.07 Å². The normalized spacial score (nSPS) is 18.6. The molecule has 0 aromatic carbocycles. The number of halogens is 3. The second kappa shape index (κ2) is 8.67. The van der Waals surface area contributed by atoms with Gasteiger partial charge in [-0.05, 0) is 25.3 Å². The Morgan fingerprint density at radius 2 is 2.06 bits per heavy atom. The number of methoxy groups -OCH3 is 1. The van der Waals surface area contributed by atoms with Gasteiger partial charge in [-0.3, -0.25) is 0 Å². The quantitative estimate of drug-likeness (QED) is 0.498. The first kappa shape index (κ1) is 22.8. The Morgan fingerprint density at radius 3 is 2.79 bits per heavy atom. The lowest BCUT2D eigenvalue weighted by molar-refractivity contribution is -0.147. The van der Waals surface area contributed by atoms with Crippen LogP contribution >= 0.6 is 11.3 Å². The van der Waals surface area contributed by atoms with Gasteiger partial charge >= 0.3 is 12.1 Å². The van der Waals surface area contributed by atoms with Crippen molar-refractivity contribution < 1.29 is 22.7 Å². The molecule has 0 radical (unpaired) electrons. The monoisotopic (exact) mass is 495 g/mol. The summed E-state index contributed by atoms with van der Waals surface area (Å²) in [6.45, 7) is 3.29. The van der Waals surface area contributed by atoms with E-state index in [9.17, 15) is 18.0 Å². The van der Waals surface area contributed by atoms with Gasteiger partial charge in [-0.1, -0.05) is 13.3 Å². The summed E-state index contributed by atoms with van der Waals surface area (Å²) in [7, 11) is 1.36. The van der Waals surface area contributed by atoms with Gasteiger partial charge in [0.15, 0.2) is 5.82 Å². The molecule has 34 heavy (non-hydrogen) atoms. The summed E-state index contributed by atoms with van der Waals surface area (Å²) in [6.07, 6.45) is -1.21. The number of carbonyl (C=O) groups excluding carboxylic acids is 1. The highest BCUT2D eigenvalue weighted by atomic mass is 32.1. The number of thiophene rings is 1. The molecule has 2 aliphatic rings. The van der Waals surface area contributed by atoms with Crippen molar-refractivity contribution in [2.75, 3.05) is 30.0 Å². The summed E-state index contributed by atoms with van der Waals surface area (Å²) in [5.41, 5.74) is 0. The molecule has 0 saturated carbocycles. The van der Waals surface area contributed by atoms with Crippen molar-refractivity contribution >= 4 is 39.3 Å². The molecule has 182 valence electrons. The lowest BCUT2D eigenvalue weighted by Gasteiger charge is -2.30. The zero-order valence-corrected chi connectivity index (χ0v) is 19.6. The van der Waals surface area contributed by atoms with Crippen LogP contribution in [0.5, 0.6) is 0 Å². The first-order valence-corrected chi connectivity index (χ1v) is 12.0. The molecule has 1 atom stereocenters. The number of fused-ring (bicyclic) bond motifs is 2. The zero-order valence-electron chi connectivity index (χ0n) is 18.8. The van der Waals surface area contributed by atoms with E-state index in [0.29, 0.717) is 31.3 Å². The van der Waals surface area contributed by atoms with Crippen LogP contribution in [0.2, 0.25) is 0 Å². The van der Waals surface area contributed by atoms with E-state index in [2.05, 4.69) is 23.2 Å². The van der Waals surface area contributed by atoms with Gasteiger partial charge in [-0.15, -0.1) is 21.5 Å². The Kier molecular flexibility index (Phi) is 5.82. The topological polar surface area (TPSA) is 89.3 Å². The highest BCUT2D eigenvalue weighted by Crippen LogP contribution is 2.37. The Bertz CT molecular complexity index is 1230. The van der Waals surface area contributed by atoms with E-state index in [1.165, 1.54) is 7.11 Å². The maximum absolute atomic E-state index is 13.3. The van der Waals surface area contributed by atoms with Crippen molar-refractivity contribution in [3.05, 3.63) is 22.6 Å². The largest absolute Gasteiger partial charge is 0.467 e. The Hall–Kier alpha value is -2.96. The molecule has 0 spiro atoms. The molecule has 9 nitrogen and oxygen atoms in total. The minimum Gasteiger partial charge on any atom is -0.467 e. The van der Waals surface area contributed by atoms with Crippen molar-refractivity contribution in [2.45, 2.75) is 57.9 Å². The summed E-state index contributed by atoms with van der Waals surface area (Å²) >= 11 is 1.58. The van der Waals surface area contributed by atoms with Gasteiger partial charge in [0.1, 0.15) is 16.7 Å². The summed E-state index contributed by atoms with van der Waals surface area (Å²) in [5.74, 6) is 0.00512. The minimum absolute atomic E-state index is 0.0957. The predicted octanol–water partition coefficient (Wildman–Crippen LogP) is 3.42. The number of hydrogen-bond donors (Lipinski definition) is 0. The summed E-state index contributed by atoms with van der Waals surface area (Å²) in [5, 5.41) is 8.03. The summed E-state index contributed by atoms with van der Waals surface area (Å²) in [4.78, 5) is 27.7. The third kappa shape index (κ3) is 3.95. The number of rotatable bonds is 5. The Labute approximate surface area is 197 Å². The van der Waals surface area contributed by atoms with E-state index >= 15 is 0 Å². The summed E-state index contributed by atoms with van der Waals surface area (Å²) in [6, 6.07) is 1.61. The second-order valence-corrected chi connectivity index (χ2v) is 9.53. The molecule has 5 heterocycles. The SMILES string of the molecule is CCCc1cc2c(N3CCn4c(nnc4C(F)(F)F)C3)nc(N3CCC[C@@H]3C(=O)OC)nc2s1. The van der Waals surface area contributed by atoms with Crippen molar-refractivity contribution in [3.63, 3.8) is 0 Å². The number of nitrogens with zero attached hydrogens (tertiary/aromatic N) is 7. The van der Waals surface area contributed by atoms with Gasteiger partial charge in [0, 0.05) is 24.5 Å². The third-order valence-electron chi connectivity index (χ3n) is 6.20. The molecule has 0 N–H and O–H groups in total. The molecular formula is C21H24F3N7O2S. The number of esters is 1. The number of carbonyl (C=O) groups is 1. The number of aromatic nitrogens is 5. The first-order chi connectivity index (χ1) is 16.3. The van der Waals surface area contributed by atoms with Crippen LogP contribution in [0.25, 0.3) is 10.2 Å². The average Bonchev–Trinajstić information content (AvgIpc) is 3.54. The molecule has 0 aliphatic carbocycles. The summed E-state index contributed by atoms with van der Waals surface area (Å²) < 4.78 is 45.9. The fourth-order valence-electron chi connectivity index (χ4n) is 4.62. The maximum atomic E-state index is 13.3. The highest BCUT2D eigenvalue weighted by Gasteiger charge is 2.40. The van der Waals surface area contributed by atoms with Crippen LogP contribution in [0.4, 0.5) is 24.9 Å². The van der Waals surface area contributed by atoms with Crippen LogP contribution in [0.1, 0.15) is 42.7 Å². The molecule has 3 aromatic heterocycles. The fraction of sp³-hybridized carbons (Fsp3) is 0.571. The van der Waals surface area contributed by atoms with E-state index in [4.69, 9.17) is 14.7 Å². The molecule has 1 saturated heterocycles. The average molecular weight is 496 g/mol. The lowest BCUT2D eigenvalue weighted by atomic mass is 10.2. The van der Waals surface area contributed by atoms with Gasteiger partial charge in [0.05, 0.1) is 19.0 Å². The second-order valence-electron chi connectivity index (χ2n) is 8.41. The van der Waals surface area contributed by atoms with Crippen molar-refractivity contribution in [1.82, 2.24) is 24.7 Å². The number of alkyl halides is 3. The molecule has 1 fully saturated rings. The Morgan fingerprint density at radius 1 is 1.24 bits per heavy atom. The van der Waals surface area contributed by atoms with E-state index in [1.807, 2.05) is 9.80 Å². The van der Waals surface area contributed by atoms with Gasteiger partial charge in [0.25, 0.3) is 0 Å². The zero-order chi connectivity index (χ0) is 24.0. The van der Waals surface area contributed by atoms with Crippen molar-refractivity contribution in [2.24, 2.45) is 0 Å². The molecule has 0 bridgehead atoms. The van der Waals surface area contributed by atoms with Crippen LogP contribution in [-0.4, -0.2) is 56.9 Å². The maximum Gasteiger partial charge on any atom is 0.451 e. The smallest absolute Gasteiger partial charge is 0.451 e. The highest BCUT2D eigenvalue weighted by molar-refractivity contribution is 7.18. The van der Waals surface area contributed by atoms with E-state index < -0.39 is 18.0 Å². The van der Waals surface area contributed by atoms with Gasteiger partial charge in [-0.2, -0.15) is 18.2 Å². The van der Waals surface area contributed by atoms with Gasteiger partial charge < -0.3 is 19.1 Å². The first-order valence-electron chi connectivity index (χ1n) is 11.2.